The van der Waals surface area contributed by atoms with E-state index in [1.807, 2.05) is 24.5 Å². The highest BCUT2D eigenvalue weighted by molar-refractivity contribution is 5.27. The van der Waals surface area contributed by atoms with Gasteiger partial charge in [0.25, 0.3) is 0 Å². The normalized spacial score (nSPS) is 21.5. The molecule has 2 aromatic rings. The largest absolute Gasteiger partial charge is 0.491 e. The van der Waals surface area contributed by atoms with Crippen LogP contribution in [-0.4, -0.2) is 47.3 Å². The highest BCUT2D eigenvalue weighted by atomic mass is 16.5. The van der Waals surface area contributed by atoms with Crippen LogP contribution in [0.5, 0.6) is 5.75 Å². The van der Waals surface area contributed by atoms with E-state index in [0.29, 0.717) is 6.61 Å². The molecular weight excluding hydrogens is 290 g/mol. The molecule has 1 atom stereocenters. The number of aryl methyl sites for hydroxylation is 1. The first-order valence-electron chi connectivity index (χ1n) is 7.90. The van der Waals surface area contributed by atoms with Gasteiger partial charge in [-0.25, -0.2) is 9.97 Å². The number of benzene rings is 1. The summed E-state index contributed by atoms with van der Waals surface area (Å²) in [6.07, 6.45) is 6.25. The summed E-state index contributed by atoms with van der Waals surface area (Å²) >= 11 is 0. The van der Waals surface area contributed by atoms with Gasteiger partial charge in [0.2, 0.25) is 0 Å². The Labute approximate surface area is 137 Å². The smallest absolute Gasteiger partial charge is 0.119 e. The topological polar surface area (TPSA) is 47.5 Å². The van der Waals surface area contributed by atoms with E-state index in [1.165, 1.54) is 5.56 Å². The number of hydrogen-bond donors (Lipinski definition) is 0. The number of aromatic nitrogens is 2. The van der Waals surface area contributed by atoms with Crippen LogP contribution in [0.15, 0.2) is 43.0 Å². The zero-order valence-corrected chi connectivity index (χ0v) is 13.7. The Bertz CT molecular complexity index is 635. The molecule has 0 bridgehead atoms. The number of methoxy groups -OCH3 is 1. The lowest BCUT2D eigenvalue weighted by atomic mass is 10.0. The fraction of sp³-hybridized carbons (Fsp3) is 0.444. The molecule has 3 rings (SSSR count). The van der Waals surface area contributed by atoms with Crippen molar-refractivity contribution in [1.82, 2.24) is 14.9 Å². The van der Waals surface area contributed by atoms with E-state index in [9.17, 15) is 0 Å². The molecule has 0 amide bonds. The molecule has 1 aliphatic rings. The van der Waals surface area contributed by atoms with Crippen LogP contribution in [0.4, 0.5) is 0 Å². The van der Waals surface area contributed by atoms with Crippen molar-refractivity contribution in [3.8, 4) is 5.75 Å². The van der Waals surface area contributed by atoms with Gasteiger partial charge in [-0.1, -0.05) is 12.1 Å². The minimum atomic E-state index is -0.251. The average Bonchev–Trinajstić information content (AvgIpc) is 2.98. The molecule has 1 saturated heterocycles. The lowest BCUT2D eigenvalue weighted by Crippen LogP contribution is -2.41. The zero-order chi connectivity index (χ0) is 16.1. The molecule has 1 aromatic heterocycles. The van der Waals surface area contributed by atoms with Crippen molar-refractivity contribution in [1.29, 1.82) is 0 Å². The fourth-order valence-corrected chi connectivity index (χ4v) is 3.00. The van der Waals surface area contributed by atoms with E-state index in [1.54, 1.807) is 13.4 Å². The Kier molecular flexibility index (Phi) is 4.88. The minimum absolute atomic E-state index is 0.251. The zero-order valence-electron chi connectivity index (χ0n) is 13.7. The maximum atomic E-state index is 5.99. The Hall–Kier alpha value is -1.98. The van der Waals surface area contributed by atoms with Gasteiger partial charge in [0, 0.05) is 44.7 Å². The summed E-state index contributed by atoms with van der Waals surface area (Å²) in [7, 11) is 1.77. The van der Waals surface area contributed by atoms with Gasteiger partial charge in [0.15, 0.2) is 0 Å². The molecule has 122 valence electrons. The molecule has 0 unspecified atom stereocenters. The van der Waals surface area contributed by atoms with Gasteiger partial charge < -0.3 is 9.47 Å². The second-order valence-corrected chi connectivity index (χ2v) is 6.20. The summed E-state index contributed by atoms with van der Waals surface area (Å²) < 4.78 is 11.8. The van der Waals surface area contributed by atoms with Crippen molar-refractivity contribution in [2.24, 2.45) is 0 Å². The summed E-state index contributed by atoms with van der Waals surface area (Å²) in [6.45, 7) is 5.31. The number of ether oxygens (including phenoxy) is 2. The van der Waals surface area contributed by atoms with Crippen molar-refractivity contribution in [3.05, 3.63) is 54.1 Å². The summed E-state index contributed by atoms with van der Waals surface area (Å²) in [5.41, 5.74) is 2.07. The van der Waals surface area contributed by atoms with Gasteiger partial charge in [0.05, 0.1) is 0 Å². The van der Waals surface area contributed by atoms with E-state index < -0.39 is 0 Å². The van der Waals surface area contributed by atoms with E-state index in [2.05, 4.69) is 33.9 Å². The predicted molar refractivity (Wildman–Crippen MR) is 88.3 cm³/mol. The van der Waals surface area contributed by atoms with Gasteiger partial charge in [-0.3, -0.25) is 4.90 Å². The van der Waals surface area contributed by atoms with Crippen LogP contribution in [0.25, 0.3) is 0 Å². The van der Waals surface area contributed by atoms with Crippen LogP contribution in [0.1, 0.15) is 17.5 Å². The predicted octanol–water partition coefficient (Wildman–Crippen LogP) is 2.45. The standard InChI is InChI=1S/C18H23N3O2/c1-15-4-3-5-17(8-15)23-13-18(22-2)6-7-21(12-18)11-16-9-19-14-20-10-16/h3-5,8-10,14H,6-7,11-13H2,1-2H3/t18-/m1/s1. The van der Waals surface area contributed by atoms with Crippen LogP contribution in [0.2, 0.25) is 0 Å². The lowest BCUT2D eigenvalue weighted by molar-refractivity contribution is -0.0359. The Morgan fingerprint density at radius 3 is 2.83 bits per heavy atom. The fourth-order valence-electron chi connectivity index (χ4n) is 3.00. The molecule has 5 heteroatoms. The number of nitrogens with zero attached hydrogens (tertiary/aromatic N) is 3. The third kappa shape index (κ3) is 4.06. The van der Waals surface area contributed by atoms with Gasteiger partial charge in [-0.2, -0.15) is 0 Å². The SMILES string of the molecule is CO[C@]1(COc2cccc(C)c2)CCN(Cc2cncnc2)C1. The molecule has 1 aromatic carbocycles. The van der Waals surface area contributed by atoms with Crippen LogP contribution >= 0.6 is 0 Å². The van der Waals surface area contributed by atoms with E-state index >= 15 is 0 Å². The van der Waals surface area contributed by atoms with Gasteiger partial charge in [0.1, 0.15) is 24.3 Å². The first-order chi connectivity index (χ1) is 11.2. The summed E-state index contributed by atoms with van der Waals surface area (Å²) in [6, 6.07) is 8.13. The average molecular weight is 313 g/mol. The van der Waals surface area contributed by atoms with E-state index in [0.717, 1.165) is 37.4 Å². The van der Waals surface area contributed by atoms with Crippen LogP contribution in [0, 0.1) is 6.92 Å². The van der Waals surface area contributed by atoms with Gasteiger partial charge in [-0.05, 0) is 31.0 Å². The molecule has 0 radical (unpaired) electrons. The third-order valence-electron chi connectivity index (χ3n) is 4.34. The van der Waals surface area contributed by atoms with Crippen LogP contribution < -0.4 is 4.74 Å². The third-order valence-corrected chi connectivity index (χ3v) is 4.34. The monoisotopic (exact) mass is 313 g/mol. The van der Waals surface area contributed by atoms with Gasteiger partial charge in [-0.15, -0.1) is 0 Å². The number of rotatable bonds is 6. The molecule has 1 aliphatic heterocycles. The molecule has 2 heterocycles. The van der Waals surface area contributed by atoms with Crippen LogP contribution in [-0.2, 0) is 11.3 Å². The number of hydrogen-bond acceptors (Lipinski definition) is 5. The minimum Gasteiger partial charge on any atom is -0.491 e. The summed E-state index contributed by atoms with van der Waals surface area (Å²) in [5.74, 6) is 0.899. The van der Waals surface area contributed by atoms with E-state index in [-0.39, 0.29) is 5.60 Å². The van der Waals surface area contributed by atoms with Crippen molar-refractivity contribution in [3.63, 3.8) is 0 Å². The molecular formula is C18H23N3O2. The molecule has 0 aliphatic carbocycles. The maximum Gasteiger partial charge on any atom is 0.119 e. The Morgan fingerprint density at radius 1 is 1.26 bits per heavy atom. The molecule has 0 N–H and O–H groups in total. The maximum absolute atomic E-state index is 5.99. The molecule has 23 heavy (non-hydrogen) atoms. The van der Waals surface area contributed by atoms with E-state index in [4.69, 9.17) is 9.47 Å². The molecule has 5 nitrogen and oxygen atoms in total. The molecule has 1 fully saturated rings. The Balaban J connectivity index is 1.59. The second kappa shape index (κ2) is 7.06. The lowest BCUT2D eigenvalue weighted by Gasteiger charge is -2.28. The van der Waals surface area contributed by atoms with Crippen LogP contribution in [0.3, 0.4) is 0 Å². The highest BCUT2D eigenvalue weighted by Crippen LogP contribution is 2.27. The van der Waals surface area contributed by atoms with Crippen molar-refractivity contribution in [2.45, 2.75) is 25.5 Å². The van der Waals surface area contributed by atoms with Gasteiger partial charge >= 0.3 is 0 Å². The van der Waals surface area contributed by atoms with Crippen molar-refractivity contribution >= 4 is 0 Å². The van der Waals surface area contributed by atoms with Crippen molar-refractivity contribution < 1.29 is 9.47 Å². The van der Waals surface area contributed by atoms with Crippen molar-refractivity contribution in [2.75, 3.05) is 26.8 Å². The number of likely N-dealkylation sites (tertiary alicyclic amines) is 1. The summed E-state index contributed by atoms with van der Waals surface area (Å²) in [5, 5.41) is 0. The first kappa shape index (κ1) is 15.9. The quantitative estimate of drug-likeness (QED) is 0.820. The molecule has 0 saturated carbocycles. The Morgan fingerprint density at radius 2 is 2.09 bits per heavy atom. The highest BCUT2D eigenvalue weighted by Gasteiger charge is 2.39. The summed E-state index contributed by atoms with van der Waals surface area (Å²) in [4.78, 5) is 10.5. The molecule has 0 spiro atoms. The second-order valence-electron chi connectivity index (χ2n) is 6.20. The first-order valence-corrected chi connectivity index (χ1v) is 7.90.